The van der Waals surface area contributed by atoms with Gasteiger partial charge in [-0.1, -0.05) is 42.5 Å². The number of thioether (sulfide) groups is 1. The molecule has 1 amide bonds. The Morgan fingerprint density at radius 3 is 2.50 bits per heavy atom. The molecule has 0 saturated carbocycles. The fourth-order valence-electron chi connectivity index (χ4n) is 2.35. The molecule has 0 aromatic heterocycles. The van der Waals surface area contributed by atoms with Gasteiger partial charge in [-0.25, -0.2) is 4.99 Å². The van der Waals surface area contributed by atoms with Gasteiger partial charge in [-0.3, -0.25) is 9.69 Å². The Bertz CT molecular complexity index is 868. The lowest BCUT2D eigenvalue weighted by molar-refractivity contribution is -0.121. The van der Waals surface area contributed by atoms with Crippen LogP contribution >= 0.6 is 11.8 Å². The Hall–Kier alpha value is -2.79. The molecule has 1 aliphatic rings. The number of hydrogen-bond acceptors (Lipinski definition) is 4. The lowest BCUT2D eigenvalue weighted by atomic mass is 10.2. The predicted molar refractivity (Wildman–Crippen MR) is 109 cm³/mol. The molecule has 0 aliphatic carbocycles. The zero-order chi connectivity index (χ0) is 18.5. The van der Waals surface area contributed by atoms with E-state index in [4.69, 9.17) is 4.74 Å². The van der Waals surface area contributed by atoms with Crippen molar-refractivity contribution in [3.8, 4) is 5.75 Å². The van der Waals surface area contributed by atoms with Gasteiger partial charge < -0.3 is 4.74 Å². The van der Waals surface area contributed by atoms with Gasteiger partial charge in [0.1, 0.15) is 12.4 Å². The second kappa shape index (κ2) is 8.06. The Labute approximate surface area is 157 Å². The van der Waals surface area contributed by atoms with Crippen molar-refractivity contribution in [3.05, 3.63) is 77.2 Å². The number of amides is 1. The van der Waals surface area contributed by atoms with Crippen molar-refractivity contribution < 1.29 is 9.53 Å². The number of nitrogens with zero attached hydrogens (tertiary/aromatic N) is 2. The smallest absolute Gasteiger partial charge is 0.266 e. The summed E-state index contributed by atoms with van der Waals surface area (Å²) in [5.74, 6) is 0.726. The molecule has 2 aromatic rings. The third-order valence-corrected chi connectivity index (χ3v) is 4.87. The Balaban J connectivity index is 1.78. The zero-order valence-corrected chi connectivity index (χ0v) is 15.6. The third-order valence-electron chi connectivity index (χ3n) is 3.81. The molecule has 1 saturated heterocycles. The number of aliphatic imine (C=N–C) groups is 1. The van der Waals surface area contributed by atoms with Gasteiger partial charge in [0.2, 0.25) is 0 Å². The van der Waals surface area contributed by atoms with Crippen LogP contribution in [0, 0.1) is 6.92 Å². The Morgan fingerprint density at radius 1 is 1.15 bits per heavy atom. The molecule has 3 rings (SSSR count). The summed E-state index contributed by atoms with van der Waals surface area (Å²) in [5, 5.41) is 0.677. The molecule has 0 bridgehead atoms. The first-order valence-electron chi connectivity index (χ1n) is 8.23. The monoisotopic (exact) mass is 364 g/mol. The molecule has 2 aromatic carbocycles. The summed E-state index contributed by atoms with van der Waals surface area (Å²) in [6.45, 7) is 6.13. The lowest BCUT2D eigenvalue weighted by Crippen LogP contribution is -2.23. The SMILES string of the molecule is C=CCOc1ccc(/C=C2/SC(=Nc3ccc(C)cc3)N(C)C2=O)cc1. The van der Waals surface area contributed by atoms with Gasteiger partial charge >= 0.3 is 0 Å². The fraction of sp³-hybridized carbons (Fsp3) is 0.143. The average molecular weight is 364 g/mol. The molecule has 4 nitrogen and oxygen atoms in total. The maximum atomic E-state index is 12.5. The van der Waals surface area contributed by atoms with Crippen LogP contribution in [-0.4, -0.2) is 29.6 Å². The Kier molecular flexibility index (Phi) is 5.58. The highest BCUT2D eigenvalue weighted by Crippen LogP contribution is 2.33. The van der Waals surface area contributed by atoms with E-state index in [1.807, 2.05) is 61.5 Å². The minimum Gasteiger partial charge on any atom is -0.490 e. The number of aryl methyl sites for hydroxylation is 1. The largest absolute Gasteiger partial charge is 0.490 e. The molecule has 0 atom stereocenters. The third kappa shape index (κ3) is 4.24. The van der Waals surface area contributed by atoms with E-state index < -0.39 is 0 Å². The minimum absolute atomic E-state index is 0.0483. The van der Waals surface area contributed by atoms with E-state index in [-0.39, 0.29) is 5.91 Å². The molecule has 1 aliphatic heterocycles. The van der Waals surface area contributed by atoms with Gasteiger partial charge in [-0.05, 0) is 54.6 Å². The number of rotatable bonds is 5. The van der Waals surface area contributed by atoms with Gasteiger partial charge in [0, 0.05) is 7.05 Å². The average Bonchev–Trinajstić information content (AvgIpc) is 2.91. The number of benzene rings is 2. The Morgan fingerprint density at radius 2 is 1.85 bits per heavy atom. The summed E-state index contributed by atoms with van der Waals surface area (Å²) < 4.78 is 5.47. The van der Waals surface area contributed by atoms with E-state index >= 15 is 0 Å². The van der Waals surface area contributed by atoms with Crippen LogP contribution in [-0.2, 0) is 4.79 Å². The number of ether oxygens (including phenoxy) is 1. The minimum atomic E-state index is -0.0483. The highest BCUT2D eigenvalue weighted by atomic mass is 32.2. The standard InChI is InChI=1S/C21H20N2O2S/c1-4-13-25-18-11-7-16(8-12-18)14-19-20(24)23(3)21(26-19)22-17-9-5-15(2)6-10-17/h4-12,14H,1,13H2,2-3H3/b19-14+,22-21?. The van der Waals surface area contributed by atoms with Crippen molar-refractivity contribution in [1.82, 2.24) is 4.90 Å². The highest BCUT2D eigenvalue weighted by Gasteiger charge is 2.30. The molecule has 0 radical (unpaired) electrons. The van der Waals surface area contributed by atoms with Crippen molar-refractivity contribution in [1.29, 1.82) is 0 Å². The van der Waals surface area contributed by atoms with E-state index in [1.165, 1.54) is 17.3 Å². The van der Waals surface area contributed by atoms with E-state index in [2.05, 4.69) is 11.6 Å². The quantitative estimate of drug-likeness (QED) is 0.566. The van der Waals surface area contributed by atoms with Crippen LogP contribution in [0.4, 0.5) is 5.69 Å². The maximum Gasteiger partial charge on any atom is 0.266 e. The lowest BCUT2D eigenvalue weighted by Gasteiger charge is -2.07. The van der Waals surface area contributed by atoms with Crippen molar-refractivity contribution in [3.63, 3.8) is 0 Å². The van der Waals surface area contributed by atoms with E-state index in [0.717, 1.165) is 17.0 Å². The summed E-state index contributed by atoms with van der Waals surface area (Å²) in [4.78, 5) is 19.3. The van der Waals surface area contributed by atoms with Gasteiger partial charge in [0.15, 0.2) is 5.17 Å². The van der Waals surface area contributed by atoms with E-state index in [0.29, 0.717) is 16.7 Å². The van der Waals surface area contributed by atoms with Gasteiger partial charge in [0.05, 0.1) is 10.6 Å². The topological polar surface area (TPSA) is 41.9 Å². The first-order valence-corrected chi connectivity index (χ1v) is 9.05. The summed E-state index contributed by atoms with van der Waals surface area (Å²) in [6.07, 6.45) is 3.58. The molecule has 1 fully saturated rings. The van der Waals surface area contributed by atoms with Gasteiger partial charge in [-0.15, -0.1) is 0 Å². The summed E-state index contributed by atoms with van der Waals surface area (Å²) >= 11 is 1.38. The molecule has 0 spiro atoms. The van der Waals surface area contributed by atoms with Crippen LogP contribution in [0.2, 0.25) is 0 Å². The van der Waals surface area contributed by atoms with Crippen molar-refractivity contribution in [2.24, 2.45) is 4.99 Å². The molecule has 132 valence electrons. The van der Waals surface area contributed by atoms with Crippen molar-refractivity contribution >= 4 is 34.6 Å². The zero-order valence-electron chi connectivity index (χ0n) is 14.8. The second-order valence-corrected chi connectivity index (χ2v) is 6.88. The number of carbonyl (C=O) groups is 1. The number of amidine groups is 1. The molecule has 5 heteroatoms. The van der Waals surface area contributed by atoms with Crippen LogP contribution in [0.1, 0.15) is 11.1 Å². The van der Waals surface area contributed by atoms with Crippen LogP contribution < -0.4 is 4.74 Å². The van der Waals surface area contributed by atoms with E-state index in [9.17, 15) is 4.79 Å². The number of carbonyl (C=O) groups excluding carboxylic acids is 1. The van der Waals surface area contributed by atoms with E-state index in [1.54, 1.807) is 18.0 Å². The summed E-state index contributed by atoms with van der Waals surface area (Å²) in [6, 6.07) is 15.5. The van der Waals surface area contributed by atoms with Crippen LogP contribution in [0.5, 0.6) is 5.75 Å². The van der Waals surface area contributed by atoms with Crippen LogP contribution in [0.25, 0.3) is 6.08 Å². The molecule has 1 heterocycles. The molecule has 0 unspecified atom stereocenters. The molecule has 26 heavy (non-hydrogen) atoms. The number of likely N-dealkylation sites (N-methyl/N-ethyl adjacent to an activating group) is 1. The number of hydrogen-bond donors (Lipinski definition) is 0. The normalized spacial score (nSPS) is 17.2. The predicted octanol–water partition coefficient (Wildman–Crippen LogP) is 4.79. The van der Waals surface area contributed by atoms with Crippen molar-refractivity contribution in [2.75, 3.05) is 13.7 Å². The second-order valence-electron chi connectivity index (χ2n) is 5.87. The molecule has 0 N–H and O–H groups in total. The van der Waals surface area contributed by atoms with Crippen LogP contribution in [0.15, 0.2) is 71.1 Å². The molecular formula is C21H20N2O2S. The fourth-order valence-corrected chi connectivity index (χ4v) is 3.34. The summed E-state index contributed by atoms with van der Waals surface area (Å²) in [7, 11) is 1.75. The maximum absolute atomic E-state index is 12.5. The van der Waals surface area contributed by atoms with Gasteiger partial charge in [0.25, 0.3) is 5.91 Å². The van der Waals surface area contributed by atoms with Crippen molar-refractivity contribution in [2.45, 2.75) is 6.92 Å². The van der Waals surface area contributed by atoms with Gasteiger partial charge in [-0.2, -0.15) is 0 Å². The highest BCUT2D eigenvalue weighted by molar-refractivity contribution is 8.18. The summed E-state index contributed by atoms with van der Waals surface area (Å²) in [5.41, 5.74) is 2.96. The first-order chi connectivity index (χ1) is 12.6. The van der Waals surface area contributed by atoms with Crippen LogP contribution in [0.3, 0.4) is 0 Å². The first kappa shape index (κ1) is 18.0. The molecular weight excluding hydrogens is 344 g/mol.